The number of fused-ring (bicyclic) bond motifs is 1. The molecule has 834 valence electrons. The van der Waals surface area contributed by atoms with E-state index in [0.717, 1.165) is 43.3 Å². The smallest absolute Gasteiger partial charge is 0.317 e. The van der Waals surface area contributed by atoms with E-state index in [4.69, 9.17) is 11.6 Å². The summed E-state index contributed by atoms with van der Waals surface area (Å²) in [6.45, 7) is 23.0. The third-order valence-corrected chi connectivity index (χ3v) is 29.2. The molecule has 8 amide bonds. The predicted molar refractivity (Wildman–Crippen MR) is 553 cm³/mol. The number of phenols is 1. The summed E-state index contributed by atoms with van der Waals surface area (Å²) < 4.78 is 0. The van der Waals surface area contributed by atoms with Gasteiger partial charge in [0.1, 0.15) is 11.8 Å². The molecule has 4 saturated heterocycles. The summed E-state index contributed by atoms with van der Waals surface area (Å²) in [4.78, 5) is 257. The Morgan fingerprint density at radius 1 is 0.540 bits per heavy atom. The molecule has 0 spiro atoms. The van der Waals surface area contributed by atoms with E-state index in [0.29, 0.717) is 81.9 Å². The number of benzene rings is 3. The van der Waals surface area contributed by atoms with Crippen LogP contribution in [-0.4, -0.2) is 368 Å². The van der Waals surface area contributed by atoms with Crippen LogP contribution in [-0.2, 0) is 154 Å². The van der Waals surface area contributed by atoms with Crippen molar-refractivity contribution in [2.45, 2.75) is 201 Å². The van der Waals surface area contributed by atoms with Gasteiger partial charge in [0.25, 0.3) is 0 Å². The molecule has 3 aromatic carbocycles. The number of aromatic nitrogens is 4. The van der Waals surface area contributed by atoms with Crippen molar-refractivity contribution >= 4 is 133 Å². The summed E-state index contributed by atoms with van der Waals surface area (Å²) in [6.07, 6.45) is 3.29. The Balaban J connectivity index is 0.000000507. The summed E-state index contributed by atoms with van der Waals surface area (Å²) >= 11 is 6.26. The van der Waals surface area contributed by atoms with Gasteiger partial charge in [0, 0.05) is 243 Å². The third-order valence-electron chi connectivity index (χ3n) is 26.5. The number of imidazole rings is 2. The Bertz CT molecular complexity index is 5220. The van der Waals surface area contributed by atoms with Crippen molar-refractivity contribution in [3.63, 3.8) is 0 Å². The molecule has 150 heavy (non-hydrogen) atoms. The molecule has 47 heteroatoms. The Morgan fingerprint density at radius 3 is 1.55 bits per heavy atom. The van der Waals surface area contributed by atoms with Gasteiger partial charge in [0.15, 0.2) is 28.9 Å². The van der Waals surface area contributed by atoms with Crippen LogP contribution in [0.25, 0.3) is 0 Å². The number of halogens is 1. The first-order valence-electron chi connectivity index (χ1n) is 50.4. The number of phenolic OH excluding ortho intramolecular Hbond substituents is 1. The first-order chi connectivity index (χ1) is 70.4. The average Bonchev–Trinajstić information content (AvgIpc) is 1.67. The van der Waals surface area contributed by atoms with Crippen LogP contribution in [0.4, 0.5) is 0 Å². The molecule has 42 nitrogen and oxygen atoms in total. The van der Waals surface area contributed by atoms with E-state index in [1.54, 1.807) is 78.3 Å². The number of nitrogens with zero attached hydrogens (tertiary/aromatic N) is 9. The number of ketones is 5. The molecule has 4 fully saturated rings. The zero-order valence-corrected chi connectivity index (χ0v) is 90.4. The number of aliphatic hydroxyl groups excluding tert-OH is 2. The Kier molecular flexibility index (Phi) is 55.8. The van der Waals surface area contributed by atoms with Gasteiger partial charge in [0.05, 0.1) is 111 Å². The van der Waals surface area contributed by atoms with Crippen LogP contribution in [0.15, 0.2) is 110 Å². The molecule has 1 unspecified atom stereocenters. The summed E-state index contributed by atoms with van der Waals surface area (Å²) in [5.74, 6) is -17.0. The van der Waals surface area contributed by atoms with Crippen LogP contribution in [0.1, 0.15) is 153 Å². The fourth-order valence-corrected chi connectivity index (χ4v) is 20.8. The quantitative estimate of drug-likeness (QED) is 0.0148. The standard InChI is InChI=1S/C62H83ClN10O17S2.C41H64N8O7.2Cu/c1-4-50(75)47-33-91-92-34-48(62(90)73-29-43(74)26-49(73)54(79)25-40(19-38-10-11-51(76)44(63)20-38)60(88)67-46(27-56(81)82)53(78)23-39(18-36(2)3)59(87)68-47)69-61(89)41(22-42-28-64-35-65-42)24-52(77)45(21-37-8-6-5-7-9-37)66-55(80)30-70-12-14-71(31-57(83)84)16-17-72(15-13-70)32-58(85)86;1-7-29(4)39(46-40(55)30(5)19-35-23-42-27-45-35)36(51)20-34(18-28(2)3)41(56)44-22-33-10-8-32(9-11-33)21-43-37(52)25-48-14-12-47(24-31(6)50)13-16-49(17-15-48)26-38(53)54;;/h5-11,20,28,35-36,39-41,43,45-49,74,76H,4,12-19,21-27,29-34H2,1-3H3,(H,64,65)(H,66,80)(H,67,88)(H,68,87)(H,69,89)(H,81,82)(H,83,84)(H,85,86);8-11,23,27-30,34,39,50H,6-7,12-22,24-26H2,1-5H3,(H,42,45)(H,43,52)(H,44,56)(H,46,55)(H,53,54);;/t39-,40-,41-,43-,45+,46+,47+,48+,49+;29?,30-,34+,39-;;/m10../s1/i;;2*1+0. The minimum absolute atomic E-state index is 0. The molecule has 6 heterocycles. The number of amides is 8. The van der Waals surface area contributed by atoms with Crippen molar-refractivity contribution in [1.82, 2.24) is 91.5 Å². The van der Waals surface area contributed by atoms with Crippen LogP contribution >= 0.6 is 33.2 Å². The molecule has 9 rings (SSSR count). The minimum atomic E-state index is -1.70. The molecule has 2 radical (unpaired) electrons. The number of Topliss-reactive ketones (excluding diaryl/α,β-unsaturated/α-hetero) is 5. The van der Waals surface area contributed by atoms with Gasteiger partial charge in [-0.2, -0.15) is 0 Å². The monoisotopic (exact) mass is 2250 g/mol. The molecular weight excluding hydrogens is 2100 g/mol. The molecule has 0 saturated carbocycles. The summed E-state index contributed by atoms with van der Waals surface area (Å²) in [5, 5.41) is 89.5. The molecule has 0 aliphatic carbocycles. The SMILES string of the molecule is C=C(O)CN1CCN(CC(=O)O)CCN(CC(=O)NCc2ccc(CNC(=O)[C@@H](CC(=O)[C@@H](NC(=O)[C@@H](C)Cc3cnc[nH]3)C(C)CC)CC(C)C)cc2)CC1.CCC(=O)[C@@H]1CSSC[C@H](NC(=O)[C@@H](CC(=O)[C@H](Cc2ccccc2)NC(=O)CN2CCN(CC(=O)O)CCN(CC(=O)O)CC2)Cc2cnc[nH]2)C(=O)N2C[C@H](O)C[C@H]2C(=O)C[C@@H](Cc2ccc(O)c(Cl)c2)C(=O)N[C@@H](CC(=O)O)C(=O)C[C@@H](CC(C)C)C(=O)N1.[64Cu].[64Cu]. The second-order valence-electron chi connectivity index (χ2n) is 39.6. The van der Waals surface area contributed by atoms with Gasteiger partial charge < -0.3 is 87.8 Å². The van der Waals surface area contributed by atoms with Crippen LogP contribution < -0.4 is 37.2 Å². The van der Waals surface area contributed by atoms with Gasteiger partial charge in [-0.1, -0.05) is 162 Å². The Labute approximate surface area is 908 Å². The second-order valence-corrected chi connectivity index (χ2v) is 42.6. The van der Waals surface area contributed by atoms with Gasteiger partial charge in [0.2, 0.25) is 47.3 Å². The number of hydrogen-bond donors (Lipinski definition) is 16. The Morgan fingerprint density at radius 2 is 1.05 bits per heavy atom. The van der Waals surface area contributed by atoms with Crippen LogP contribution in [0.3, 0.4) is 0 Å². The van der Waals surface area contributed by atoms with Gasteiger partial charge in [-0.25, -0.2) is 9.97 Å². The fourth-order valence-electron chi connectivity index (χ4n) is 18.2. The van der Waals surface area contributed by atoms with E-state index in [-0.39, 0.29) is 245 Å². The van der Waals surface area contributed by atoms with Crippen molar-refractivity contribution in [1.29, 1.82) is 0 Å². The van der Waals surface area contributed by atoms with Crippen molar-refractivity contribution < 1.29 is 151 Å². The van der Waals surface area contributed by atoms with Crippen molar-refractivity contribution in [3.05, 3.63) is 149 Å². The first kappa shape index (κ1) is 128. The predicted octanol–water partition coefficient (Wildman–Crippen LogP) is 4.15. The zero-order chi connectivity index (χ0) is 108. The number of carbonyl (C=O) groups is 17. The number of rotatable bonds is 46. The largest absolute Gasteiger partial charge is 0.512 e. The number of aliphatic carboxylic acids is 4. The maximum absolute atomic E-state index is 15.3. The van der Waals surface area contributed by atoms with Crippen molar-refractivity contribution in [3.8, 4) is 5.75 Å². The van der Waals surface area contributed by atoms with Gasteiger partial charge in [-0.15, -0.1) is 0 Å². The van der Waals surface area contributed by atoms with Crippen molar-refractivity contribution in [2.24, 2.45) is 47.3 Å². The number of carboxylic acids is 4. The zero-order valence-electron chi connectivity index (χ0n) is 86.2. The fraction of sp³-hybridized carbons (Fsp3) is 0.583. The van der Waals surface area contributed by atoms with Gasteiger partial charge in [-0.3, -0.25) is 111 Å². The Hall–Kier alpha value is -10.8. The van der Waals surface area contributed by atoms with E-state index in [1.165, 1.54) is 30.7 Å². The van der Waals surface area contributed by atoms with E-state index < -0.39 is 169 Å². The summed E-state index contributed by atoms with van der Waals surface area (Å²) in [7, 11) is 2.10. The molecular formula is C103H147ClCu2N18O24S2. The number of aromatic amines is 2. The first-order valence-corrected chi connectivity index (χ1v) is 53.3. The molecule has 4 aliphatic rings. The van der Waals surface area contributed by atoms with Gasteiger partial charge >= 0.3 is 23.9 Å². The summed E-state index contributed by atoms with van der Waals surface area (Å²) in [5.41, 5.74) is 4.02. The third kappa shape index (κ3) is 45.2. The second kappa shape index (κ2) is 65.5. The molecule has 5 aromatic rings. The topological polar surface area (TPSA) is 596 Å². The number of carboxylic acid groups (broad SMARTS) is 4. The van der Waals surface area contributed by atoms with Crippen LogP contribution in [0.5, 0.6) is 5.75 Å². The molecule has 4 aliphatic heterocycles. The molecule has 2 aromatic heterocycles. The average molecular weight is 2250 g/mol. The molecule has 16 N–H and O–H groups in total. The number of aromatic hydroxyl groups is 1. The molecule has 0 bridgehead atoms. The molecule has 13 atom stereocenters. The van der Waals surface area contributed by atoms with Crippen LogP contribution in [0, 0.1) is 47.3 Å². The van der Waals surface area contributed by atoms with E-state index in [9.17, 15) is 108 Å². The number of hydrogen-bond acceptors (Lipinski definition) is 30. The number of H-pyrrole nitrogens is 2. The van der Waals surface area contributed by atoms with E-state index in [2.05, 4.69) is 63.7 Å². The maximum atomic E-state index is 15.3. The normalized spacial score (nSPS) is 20.5. The minimum Gasteiger partial charge on any atom is -0.512 e. The van der Waals surface area contributed by atoms with Gasteiger partial charge in [-0.05, 0) is 77.8 Å². The summed E-state index contributed by atoms with van der Waals surface area (Å²) in [6, 6.07) is 12.7. The van der Waals surface area contributed by atoms with E-state index in [1.807, 2.05) is 73.6 Å². The van der Waals surface area contributed by atoms with E-state index >= 15 is 9.59 Å². The van der Waals surface area contributed by atoms with Crippen molar-refractivity contribution in [2.75, 3.05) is 136 Å². The van der Waals surface area contributed by atoms with Crippen LogP contribution in [0.2, 0.25) is 5.02 Å². The number of carbonyl (C=O) groups excluding carboxylic acids is 13. The number of aliphatic hydroxyl groups is 2. The number of nitrogens with one attached hydrogen (secondary N) is 9. The maximum Gasteiger partial charge on any atom is 0.317 e.